The van der Waals surface area contributed by atoms with E-state index in [1.165, 1.54) is 17.5 Å². The Labute approximate surface area is 152 Å². The summed E-state index contributed by atoms with van der Waals surface area (Å²) in [7, 11) is 0. The number of benzene rings is 2. The lowest BCUT2D eigenvalue weighted by atomic mass is 9.74. The van der Waals surface area contributed by atoms with Gasteiger partial charge in [0.2, 0.25) is 0 Å². The van der Waals surface area contributed by atoms with E-state index in [1.54, 1.807) is 18.2 Å². The van der Waals surface area contributed by atoms with Crippen LogP contribution in [0.1, 0.15) is 40.7 Å². The van der Waals surface area contributed by atoms with E-state index in [9.17, 15) is 4.79 Å². The van der Waals surface area contributed by atoms with E-state index in [0.717, 1.165) is 32.4 Å². The molecule has 0 unspecified atom stereocenters. The molecule has 2 nitrogen and oxygen atoms in total. The maximum atomic E-state index is 12.7. The van der Waals surface area contributed by atoms with Gasteiger partial charge in [-0.3, -0.25) is 4.79 Å². The second kappa shape index (κ2) is 6.09. The van der Waals surface area contributed by atoms with E-state index in [4.69, 9.17) is 23.2 Å². The van der Waals surface area contributed by atoms with Gasteiger partial charge in [0.25, 0.3) is 5.91 Å². The standard InChI is InChI=1S/C20H19Cl2NO/c21-17-6-5-15(13-18(17)22)19(24)23-11-9-20(10-12-23)8-7-14-3-1-2-4-16(14)20/h1-6,13H,7-12H2. The van der Waals surface area contributed by atoms with Crippen LogP contribution in [0.4, 0.5) is 0 Å². The third kappa shape index (κ3) is 2.62. The van der Waals surface area contributed by atoms with Crippen molar-refractivity contribution in [2.24, 2.45) is 0 Å². The first-order valence-corrected chi connectivity index (χ1v) is 9.17. The quantitative estimate of drug-likeness (QED) is 0.692. The molecule has 1 saturated heterocycles. The second-order valence-electron chi connectivity index (χ2n) is 6.86. The van der Waals surface area contributed by atoms with Crippen LogP contribution >= 0.6 is 23.2 Å². The summed E-state index contributed by atoms with van der Waals surface area (Å²) in [6.45, 7) is 1.60. The lowest BCUT2D eigenvalue weighted by Gasteiger charge is -2.40. The lowest BCUT2D eigenvalue weighted by Crippen LogP contribution is -2.44. The van der Waals surface area contributed by atoms with E-state index < -0.39 is 0 Å². The third-order valence-electron chi connectivity index (χ3n) is 5.64. The molecule has 24 heavy (non-hydrogen) atoms. The number of piperidine rings is 1. The summed E-state index contributed by atoms with van der Waals surface area (Å²) in [5.41, 5.74) is 3.88. The van der Waals surface area contributed by atoms with E-state index in [1.807, 2.05) is 4.90 Å². The zero-order valence-corrected chi connectivity index (χ0v) is 14.9. The molecule has 0 radical (unpaired) electrons. The van der Waals surface area contributed by atoms with Crippen LogP contribution in [0.15, 0.2) is 42.5 Å². The van der Waals surface area contributed by atoms with Crippen molar-refractivity contribution < 1.29 is 4.79 Å². The molecular formula is C20H19Cl2NO. The van der Waals surface area contributed by atoms with Crippen molar-refractivity contribution in [3.8, 4) is 0 Å². The highest BCUT2D eigenvalue weighted by Gasteiger charge is 2.41. The largest absolute Gasteiger partial charge is 0.339 e. The van der Waals surface area contributed by atoms with Gasteiger partial charge in [-0.2, -0.15) is 0 Å². The van der Waals surface area contributed by atoms with Gasteiger partial charge in [0.15, 0.2) is 0 Å². The molecule has 4 rings (SSSR count). The fourth-order valence-electron chi connectivity index (χ4n) is 4.23. The number of aryl methyl sites for hydroxylation is 1. The van der Waals surface area contributed by atoms with Crippen LogP contribution in [0.2, 0.25) is 10.0 Å². The van der Waals surface area contributed by atoms with Crippen molar-refractivity contribution in [1.82, 2.24) is 4.90 Å². The Morgan fingerprint density at radius 1 is 0.958 bits per heavy atom. The predicted molar refractivity (Wildman–Crippen MR) is 98.0 cm³/mol. The fraction of sp³-hybridized carbons (Fsp3) is 0.350. The minimum atomic E-state index is 0.0506. The summed E-state index contributed by atoms with van der Waals surface area (Å²) in [5.74, 6) is 0.0506. The predicted octanol–water partition coefficient (Wildman–Crippen LogP) is 5.11. The van der Waals surface area contributed by atoms with Crippen molar-refractivity contribution in [2.45, 2.75) is 31.1 Å². The van der Waals surface area contributed by atoms with Crippen molar-refractivity contribution in [3.05, 3.63) is 69.2 Å². The number of fused-ring (bicyclic) bond motifs is 2. The van der Waals surface area contributed by atoms with E-state index >= 15 is 0 Å². The first-order valence-electron chi connectivity index (χ1n) is 8.42. The highest BCUT2D eigenvalue weighted by molar-refractivity contribution is 6.42. The zero-order chi connectivity index (χ0) is 16.7. The number of rotatable bonds is 1. The average Bonchev–Trinajstić information content (AvgIpc) is 2.96. The monoisotopic (exact) mass is 359 g/mol. The molecule has 1 heterocycles. The molecule has 0 bridgehead atoms. The summed E-state index contributed by atoms with van der Waals surface area (Å²) in [6, 6.07) is 13.9. The Balaban J connectivity index is 1.50. The van der Waals surface area contributed by atoms with Gasteiger partial charge < -0.3 is 4.90 Å². The van der Waals surface area contributed by atoms with Gasteiger partial charge in [0, 0.05) is 18.7 Å². The first-order chi connectivity index (χ1) is 11.6. The summed E-state index contributed by atoms with van der Waals surface area (Å²) in [5, 5.41) is 0.911. The minimum Gasteiger partial charge on any atom is -0.339 e. The lowest BCUT2D eigenvalue weighted by molar-refractivity contribution is 0.0666. The maximum absolute atomic E-state index is 12.7. The molecule has 124 valence electrons. The number of hydrogen-bond donors (Lipinski definition) is 0. The molecule has 1 spiro atoms. The Morgan fingerprint density at radius 2 is 1.71 bits per heavy atom. The minimum absolute atomic E-state index is 0.0506. The smallest absolute Gasteiger partial charge is 0.253 e. The molecule has 2 aromatic rings. The highest BCUT2D eigenvalue weighted by Crippen LogP contribution is 2.46. The van der Waals surface area contributed by atoms with Crippen molar-refractivity contribution in [3.63, 3.8) is 0 Å². The normalized spacial score (nSPS) is 18.7. The van der Waals surface area contributed by atoms with Crippen molar-refractivity contribution >= 4 is 29.1 Å². The molecule has 2 aromatic carbocycles. The summed E-state index contributed by atoms with van der Waals surface area (Å²) < 4.78 is 0. The molecule has 1 aliphatic heterocycles. The number of amides is 1. The molecule has 4 heteroatoms. The van der Waals surface area contributed by atoms with Gasteiger partial charge in [-0.1, -0.05) is 47.5 Å². The van der Waals surface area contributed by atoms with Crippen LogP contribution in [-0.4, -0.2) is 23.9 Å². The zero-order valence-electron chi connectivity index (χ0n) is 13.4. The molecule has 0 N–H and O–H groups in total. The maximum Gasteiger partial charge on any atom is 0.253 e. The topological polar surface area (TPSA) is 20.3 Å². The molecule has 1 aliphatic carbocycles. The number of nitrogens with zero attached hydrogens (tertiary/aromatic N) is 1. The Bertz CT molecular complexity index is 794. The van der Waals surface area contributed by atoms with Crippen molar-refractivity contribution in [2.75, 3.05) is 13.1 Å². The SMILES string of the molecule is O=C(c1ccc(Cl)c(Cl)c1)N1CCC2(CCc3ccccc32)CC1. The second-order valence-corrected chi connectivity index (χ2v) is 7.67. The number of likely N-dealkylation sites (tertiary alicyclic amines) is 1. The van der Waals surface area contributed by atoms with Crippen LogP contribution in [0.3, 0.4) is 0 Å². The van der Waals surface area contributed by atoms with Gasteiger partial charge in [0.05, 0.1) is 10.0 Å². The molecule has 1 amide bonds. The summed E-state index contributed by atoms with van der Waals surface area (Å²) in [4.78, 5) is 14.7. The summed E-state index contributed by atoms with van der Waals surface area (Å²) in [6.07, 6.45) is 4.45. The fourth-order valence-corrected chi connectivity index (χ4v) is 4.53. The number of carbonyl (C=O) groups excluding carboxylic acids is 1. The van der Waals surface area contributed by atoms with E-state index in [2.05, 4.69) is 24.3 Å². The van der Waals surface area contributed by atoms with E-state index in [-0.39, 0.29) is 11.3 Å². The number of halogens is 2. The van der Waals surface area contributed by atoms with Gasteiger partial charge in [-0.25, -0.2) is 0 Å². The van der Waals surface area contributed by atoms with Crippen LogP contribution in [-0.2, 0) is 11.8 Å². The molecular weight excluding hydrogens is 341 g/mol. The molecule has 2 aliphatic rings. The van der Waals surface area contributed by atoms with Gasteiger partial charge >= 0.3 is 0 Å². The van der Waals surface area contributed by atoms with Crippen LogP contribution in [0.25, 0.3) is 0 Å². The van der Waals surface area contributed by atoms with Crippen LogP contribution < -0.4 is 0 Å². The van der Waals surface area contributed by atoms with Crippen LogP contribution in [0.5, 0.6) is 0 Å². The molecule has 0 aromatic heterocycles. The number of hydrogen-bond acceptors (Lipinski definition) is 1. The van der Waals surface area contributed by atoms with Gasteiger partial charge in [-0.15, -0.1) is 0 Å². The molecule has 0 atom stereocenters. The van der Waals surface area contributed by atoms with Gasteiger partial charge in [-0.05, 0) is 60.4 Å². The van der Waals surface area contributed by atoms with Gasteiger partial charge in [0.1, 0.15) is 0 Å². The first kappa shape index (κ1) is 16.0. The van der Waals surface area contributed by atoms with E-state index in [0.29, 0.717) is 15.6 Å². The number of carbonyl (C=O) groups is 1. The Kier molecular flexibility index (Phi) is 4.06. The Hall–Kier alpha value is -1.51. The highest BCUT2D eigenvalue weighted by atomic mass is 35.5. The third-order valence-corrected chi connectivity index (χ3v) is 6.37. The van der Waals surface area contributed by atoms with Crippen LogP contribution in [0, 0.1) is 0 Å². The summed E-state index contributed by atoms with van der Waals surface area (Å²) >= 11 is 12.0. The Morgan fingerprint density at radius 3 is 2.46 bits per heavy atom. The molecule has 1 fully saturated rings. The van der Waals surface area contributed by atoms with Crippen molar-refractivity contribution in [1.29, 1.82) is 0 Å². The molecule has 0 saturated carbocycles. The average molecular weight is 360 g/mol.